The summed E-state index contributed by atoms with van der Waals surface area (Å²) in [5, 5.41) is 12.1. The highest BCUT2D eigenvalue weighted by Gasteiger charge is 2.17. The summed E-state index contributed by atoms with van der Waals surface area (Å²) >= 11 is 7.91. The maximum atomic E-state index is 6.27. The van der Waals surface area contributed by atoms with Gasteiger partial charge < -0.3 is 4.42 Å². The minimum absolute atomic E-state index is 0.397. The number of thiophene rings is 1. The van der Waals surface area contributed by atoms with Gasteiger partial charge >= 0.3 is 0 Å². The van der Waals surface area contributed by atoms with Crippen LogP contribution in [-0.4, -0.2) is 15.2 Å². The number of benzene rings is 2. The summed E-state index contributed by atoms with van der Waals surface area (Å²) in [7, 11) is 0. The Labute approximate surface area is 164 Å². The van der Waals surface area contributed by atoms with E-state index in [0.29, 0.717) is 16.8 Å². The number of hydrogen-bond acceptors (Lipinski definition) is 5. The third-order valence-electron chi connectivity index (χ3n) is 4.25. The summed E-state index contributed by atoms with van der Waals surface area (Å²) in [6.07, 6.45) is 0. The van der Waals surface area contributed by atoms with Crippen LogP contribution in [0.1, 0.15) is 0 Å². The average Bonchev–Trinajstić information content (AvgIpc) is 3.40. The molecular weight excluding hydrogens is 378 g/mol. The van der Waals surface area contributed by atoms with Gasteiger partial charge in [0.15, 0.2) is 0 Å². The second-order valence-electron chi connectivity index (χ2n) is 5.94. The van der Waals surface area contributed by atoms with Gasteiger partial charge in [-0.3, -0.25) is 0 Å². The molecule has 0 aliphatic heterocycles. The predicted molar refractivity (Wildman–Crippen MR) is 109 cm³/mol. The maximum absolute atomic E-state index is 6.27. The fourth-order valence-corrected chi connectivity index (χ4v) is 3.88. The van der Waals surface area contributed by atoms with Crippen LogP contribution in [0.3, 0.4) is 0 Å². The molecule has 0 atom stereocenters. The number of para-hydroxylation sites is 1. The molecule has 3 heterocycles. The van der Waals surface area contributed by atoms with Crippen molar-refractivity contribution in [2.45, 2.75) is 0 Å². The molecule has 27 heavy (non-hydrogen) atoms. The van der Waals surface area contributed by atoms with E-state index in [1.807, 2.05) is 60.0 Å². The molecule has 0 saturated carbocycles. The number of aromatic nitrogens is 3. The van der Waals surface area contributed by atoms with Crippen molar-refractivity contribution in [2.75, 3.05) is 0 Å². The van der Waals surface area contributed by atoms with Crippen molar-refractivity contribution in [1.29, 1.82) is 0 Å². The first-order valence-electron chi connectivity index (χ1n) is 8.32. The average molecular weight is 390 g/mol. The standard InChI is InChI=1S/C21H12ClN3OS/c22-16-8-3-1-7-14(16)20-24-25-21(26-20)15-12-18(19-10-5-11-27-19)23-17-9-4-2-6-13(15)17/h1-12H. The van der Waals surface area contributed by atoms with Gasteiger partial charge in [-0.05, 0) is 35.7 Å². The monoisotopic (exact) mass is 389 g/mol. The highest BCUT2D eigenvalue weighted by Crippen LogP contribution is 2.35. The van der Waals surface area contributed by atoms with Crippen molar-refractivity contribution in [1.82, 2.24) is 15.2 Å². The Bertz CT molecular complexity index is 1250. The number of hydrogen-bond donors (Lipinski definition) is 0. The Morgan fingerprint density at radius 2 is 1.59 bits per heavy atom. The lowest BCUT2D eigenvalue weighted by Gasteiger charge is -2.06. The van der Waals surface area contributed by atoms with E-state index in [2.05, 4.69) is 16.3 Å². The Balaban J connectivity index is 1.70. The summed E-state index contributed by atoms with van der Waals surface area (Å²) < 4.78 is 5.99. The van der Waals surface area contributed by atoms with E-state index in [-0.39, 0.29) is 0 Å². The van der Waals surface area contributed by atoms with Gasteiger partial charge in [-0.2, -0.15) is 0 Å². The molecule has 0 bridgehead atoms. The number of pyridine rings is 1. The van der Waals surface area contributed by atoms with E-state index >= 15 is 0 Å². The molecule has 0 aliphatic carbocycles. The molecule has 0 aliphatic rings. The topological polar surface area (TPSA) is 51.8 Å². The molecule has 2 aromatic carbocycles. The molecule has 0 spiro atoms. The van der Waals surface area contributed by atoms with Crippen LogP contribution < -0.4 is 0 Å². The first kappa shape index (κ1) is 16.2. The third-order valence-corrected chi connectivity index (χ3v) is 5.47. The van der Waals surface area contributed by atoms with Gasteiger partial charge in [-0.1, -0.05) is 48.0 Å². The quantitative estimate of drug-likeness (QED) is 0.361. The summed E-state index contributed by atoms with van der Waals surface area (Å²) in [6, 6.07) is 21.4. The molecule has 130 valence electrons. The third kappa shape index (κ3) is 2.91. The first-order chi connectivity index (χ1) is 13.3. The molecule has 0 unspecified atom stereocenters. The van der Waals surface area contributed by atoms with Crippen molar-refractivity contribution in [3.05, 3.63) is 77.1 Å². The molecular formula is C21H12ClN3OS. The second kappa shape index (κ2) is 6.61. The highest BCUT2D eigenvalue weighted by atomic mass is 35.5. The Hall–Kier alpha value is -3.02. The SMILES string of the molecule is Clc1ccccc1-c1nnc(-c2cc(-c3cccs3)nc3ccccc23)o1. The van der Waals surface area contributed by atoms with E-state index in [0.717, 1.165) is 32.6 Å². The molecule has 5 aromatic rings. The van der Waals surface area contributed by atoms with Gasteiger partial charge in [0.05, 0.1) is 32.2 Å². The summed E-state index contributed by atoms with van der Waals surface area (Å²) in [5.41, 5.74) is 3.34. The zero-order chi connectivity index (χ0) is 18.2. The molecule has 0 fully saturated rings. The lowest BCUT2D eigenvalue weighted by Crippen LogP contribution is -1.88. The van der Waals surface area contributed by atoms with Crippen LogP contribution in [0.4, 0.5) is 0 Å². The van der Waals surface area contributed by atoms with Gasteiger partial charge in [0.2, 0.25) is 11.8 Å². The van der Waals surface area contributed by atoms with Crippen molar-refractivity contribution in [2.24, 2.45) is 0 Å². The molecule has 5 rings (SSSR count). The van der Waals surface area contributed by atoms with Crippen LogP contribution in [0, 0.1) is 0 Å². The molecule has 0 amide bonds. The van der Waals surface area contributed by atoms with Crippen LogP contribution in [0.25, 0.3) is 44.4 Å². The summed E-state index contributed by atoms with van der Waals surface area (Å²) in [4.78, 5) is 5.87. The van der Waals surface area contributed by atoms with Crippen LogP contribution in [0.5, 0.6) is 0 Å². The van der Waals surface area contributed by atoms with Gasteiger partial charge in [0, 0.05) is 5.39 Å². The first-order valence-corrected chi connectivity index (χ1v) is 9.58. The van der Waals surface area contributed by atoms with E-state index in [1.165, 1.54) is 0 Å². The number of rotatable bonds is 3. The summed E-state index contributed by atoms with van der Waals surface area (Å²) in [5.74, 6) is 0.843. The molecule has 3 aromatic heterocycles. The molecule has 0 N–H and O–H groups in total. The lowest BCUT2D eigenvalue weighted by molar-refractivity contribution is 0.585. The smallest absolute Gasteiger partial charge is 0.249 e. The number of halogens is 1. The van der Waals surface area contributed by atoms with Crippen LogP contribution >= 0.6 is 22.9 Å². The Morgan fingerprint density at radius 3 is 2.41 bits per heavy atom. The zero-order valence-corrected chi connectivity index (χ0v) is 15.5. The molecule has 6 heteroatoms. The highest BCUT2D eigenvalue weighted by molar-refractivity contribution is 7.13. The Morgan fingerprint density at radius 1 is 0.815 bits per heavy atom. The minimum Gasteiger partial charge on any atom is -0.416 e. The van der Waals surface area contributed by atoms with Crippen molar-refractivity contribution < 1.29 is 4.42 Å². The Kier molecular flexibility index (Phi) is 3.96. The van der Waals surface area contributed by atoms with Crippen molar-refractivity contribution in [3.8, 4) is 33.5 Å². The van der Waals surface area contributed by atoms with Crippen LogP contribution in [0.15, 0.2) is 76.5 Å². The summed E-state index contributed by atoms with van der Waals surface area (Å²) in [6.45, 7) is 0. The predicted octanol–water partition coefficient (Wildman–Crippen LogP) is 6.33. The number of nitrogens with zero attached hydrogens (tertiary/aromatic N) is 3. The van der Waals surface area contributed by atoms with Gasteiger partial charge in [0.1, 0.15) is 0 Å². The maximum Gasteiger partial charge on any atom is 0.249 e. The van der Waals surface area contributed by atoms with Gasteiger partial charge in [-0.25, -0.2) is 4.98 Å². The van der Waals surface area contributed by atoms with Crippen LogP contribution in [-0.2, 0) is 0 Å². The van der Waals surface area contributed by atoms with E-state index < -0.39 is 0 Å². The van der Waals surface area contributed by atoms with Crippen LogP contribution in [0.2, 0.25) is 5.02 Å². The second-order valence-corrected chi connectivity index (χ2v) is 7.30. The van der Waals surface area contributed by atoms with E-state index in [9.17, 15) is 0 Å². The minimum atomic E-state index is 0.397. The normalized spacial score (nSPS) is 11.1. The molecule has 4 nitrogen and oxygen atoms in total. The zero-order valence-electron chi connectivity index (χ0n) is 14.0. The van der Waals surface area contributed by atoms with Gasteiger partial charge in [0.25, 0.3) is 0 Å². The largest absolute Gasteiger partial charge is 0.416 e. The molecule has 0 saturated heterocycles. The fraction of sp³-hybridized carbons (Fsp3) is 0. The van der Waals surface area contributed by atoms with E-state index in [4.69, 9.17) is 21.0 Å². The fourth-order valence-electron chi connectivity index (χ4n) is 2.98. The molecule has 0 radical (unpaired) electrons. The lowest BCUT2D eigenvalue weighted by atomic mass is 10.1. The van der Waals surface area contributed by atoms with Gasteiger partial charge in [-0.15, -0.1) is 21.5 Å². The van der Waals surface area contributed by atoms with E-state index in [1.54, 1.807) is 17.4 Å². The van der Waals surface area contributed by atoms with Crippen molar-refractivity contribution >= 4 is 33.8 Å². The number of fused-ring (bicyclic) bond motifs is 1. The van der Waals surface area contributed by atoms with Crippen molar-refractivity contribution in [3.63, 3.8) is 0 Å².